The summed E-state index contributed by atoms with van der Waals surface area (Å²) in [7, 11) is 0. The first-order valence-corrected chi connectivity index (χ1v) is 7.42. The molecule has 0 saturated carbocycles. The van der Waals surface area contributed by atoms with Gasteiger partial charge in [-0.2, -0.15) is 5.10 Å². The highest BCUT2D eigenvalue weighted by Gasteiger charge is 2.21. The number of carbonyl (C=O) groups excluding carboxylic acids is 1. The summed E-state index contributed by atoms with van der Waals surface area (Å²) in [5, 5.41) is 13.4. The predicted molar refractivity (Wildman–Crippen MR) is 90.3 cm³/mol. The summed E-state index contributed by atoms with van der Waals surface area (Å²) >= 11 is 0. The van der Waals surface area contributed by atoms with E-state index in [-0.39, 0.29) is 17.6 Å². The lowest BCUT2D eigenvalue weighted by Crippen LogP contribution is -2.31. The van der Waals surface area contributed by atoms with Gasteiger partial charge in [0.05, 0.1) is 11.4 Å². The van der Waals surface area contributed by atoms with E-state index in [0.29, 0.717) is 6.42 Å². The number of nitrogens with zero attached hydrogens (tertiary/aromatic N) is 2. The maximum atomic E-state index is 11.3. The summed E-state index contributed by atoms with van der Waals surface area (Å²) in [5.74, 6) is 0.299. The van der Waals surface area contributed by atoms with Gasteiger partial charge >= 0.3 is 0 Å². The topological polar surface area (TPSA) is 74.0 Å². The van der Waals surface area contributed by atoms with Gasteiger partial charge in [-0.05, 0) is 47.5 Å². The van der Waals surface area contributed by atoms with Crippen LogP contribution >= 0.6 is 0 Å². The molecular formula is C18H17N3O2. The minimum absolute atomic E-state index is 0.0450. The number of rotatable bonds is 3. The van der Waals surface area contributed by atoms with Crippen molar-refractivity contribution in [3.63, 3.8) is 0 Å². The molecule has 1 heterocycles. The van der Waals surface area contributed by atoms with Gasteiger partial charge < -0.3 is 5.11 Å². The van der Waals surface area contributed by atoms with Gasteiger partial charge in [0.15, 0.2) is 0 Å². The van der Waals surface area contributed by atoms with E-state index in [1.54, 1.807) is 30.5 Å². The predicted octanol–water partition coefficient (Wildman–Crippen LogP) is 3.00. The molecule has 0 fully saturated rings. The molecule has 3 rings (SSSR count). The molecule has 2 N–H and O–H groups in total. The van der Waals surface area contributed by atoms with Gasteiger partial charge in [-0.25, -0.2) is 5.43 Å². The average molecular weight is 307 g/mol. The smallest absolute Gasteiger partial charge is 0.240 e. The number of hydrogen-bond donors (Lipinski definition) is 2. The lowest BCUT2D eigenvalue weighted by Gasteiger charge is -2.19. The summed E-state index contributed by atoms with van der Waals surface area (Å²) in [6.07, 6.45) is 2.20. The third kappa shape index (κ3) is 3.63. The molecule has 0 aliphatic carbocycles. The molecule has 0 radical (unpaired) electrons. The van der Waals surface area contributed by atoms with Gasteiger partial charge in [0, 0.05) is 18.6 Å². The van der Waals surface area contributed by atoms with E-state index in [2.05, 4.69) is 15.5 Å². The summed E-state index contributed by atoms with van der Waals surface area (Å²) < 4.78 is 0. The Balaban J connectivity index is 1.74. The zero-order valence-corrected chi connectivity index (χ0v) is 12.7. The Morgan fingerprint density at radius 1 is 1.17 bits per heavy atom. The molecule has 116 valence electrons. The number of carbonyl (C=O) groups is 1. The maximum Gasteiger partial charge on any atom is 0.240 e. The van der Waals surface area contributed by atoms with Gasteiger partial charge in [0.1, 0.15) is 5.75 Å². The molecule has 1 aliphatic rings. The average Bonchev–Trinajstić information content (AvgIpc) is 2.55. The van der Waals surface area contributed by atoms with Crippen molar-refractivity contribution in [2.75, 3.05) is 0 Å². The lowest BCUT2D eigenvalue weighted by molar-refractivity contribution is -0.121. The Morgan fingerprint density at radius 3 is 2.52 bits per heavy atom. The fourth-order valence-electron chi connectivity index (χ4n) is 2.43. The fourth-order valence-corrected chi connectivity index (χ4v) is 2.43. The van der Waals surface area contributed by atoms with E-state index >= 15 is 0 Å². The standard InChI is InChI=1S/C18H17N3O2/c1-12-10-17(23)20-21-18(12)14-4-6-15(7-5-14)19-11-13-2-8-16(22)9-3-13/h2-9,11-12,22H,10H2,1H3,(H,20,23)/t12-/m1/s1. The van der Waals surface area contributed by atoms with Crippen molar-refractivity contribution in [1.82, 2.24) is 5.43 Å². The fraction of sp³-hybridized carbons (Fsp3) is 0.167. The van der Waals surface area contributed by atoms with Crippen LogP contribution in [0.2, 0.25) is 0 Å². The molecule has 23 heavy (non-hydrogen) atoms. The molecule has 2 aromatic carbocycles. The van der Waals surface area contributed by atoms with Crippen molar-refractivity contribution in [2.24, 2.45) is 16.0 Å². The maximum absolute atomic E-state index is 11.3. The Morgan fingerprint density at radius 2 is 1.87 bits per heavy atom. The van der Waals surface area contributed by atoms with Crippen LogP contribution in [0, 0.1) is 5.92 Å². The van der Waals surface area contributed by atoms with Crippen LogP contribution in [0.4, 0.5) is 5.69 Å². The van der Waals surface area contributed by atoms with E-state index in [1.807, 2.05) is 31.2 Å². The first-order valence-electron chi connectivity index (χ1n) is 7.42. The van der Waals surface area contributed by atoms with E-state index in [4.69, 9.17) is 0 Å². The summed E-state index contributed by atoms with van der Waals surface area (Å²) in [6, 6.07) is 14.6. The SMILES string of the molecule is C[C@@H]1CC(=O)NN=C1c1ccc(N=Cc2ccc(O)cc2)cc1. The van der Waals surface area contributed by atoms with Crippen molar-refractivity contribution >= 4 is 23.5 Å². The third-order valence-corrected chi connectivity index (χ3v) is 3.68. The molecule has 2 aromatic rings. The van der Waals surface area contributed by atoms with Crippen LogP contribution in [0.1, 0.15) is 24.5 Å². The number of amides is 1. The van der Waals surface area contributed by atoms with Crippen molar-refractivity contribution in [1.29, 1.82) is 0 Å². The zero-order chi connectivity index (χ0) is 16.2. The Bertz CT molecular complexity index is 762. The molecule has 0 spiro atoms. The highest BCUT2D eigenvalue weighted by atomic mass is 16.3. The molecule has 0 aromatic heterocycles. The number of phenols is 1. The zero-order valence-electron chi connectivity index (χ0n) is 12.7. The molecule has 0 unspecified atom stereocenters. The van der Waals surface area contributed by atoms with Gasteiger partial charge in [-0.15, -0.1) is 0 Å². The lowest BCUT2D eigenvalue weighted by atomic mass is 9.94. The quantitative estimate of drug-likeness (QED) is 0.855. The number of aliphatic imine (C=N–C) groups is 1. The third-order valence-electron chi connectivity index (χ3n) is 3.68. The Hall–Kier alpha value is -2.95. The molecule has 1 atom stereocenters. The minimum atomic E-state index is -0.0450. The van der Waals surface area contributed by atoms with Crippen molar-refractivity contribution in [3.05, 3.63) is 59.7 Å². The van der Waals surface area contributed by atoms with Crippen LogP contribution in [-0.4, -0.2) is 22.9 Å². The molecular weight excluding hydrogens is 290 g/mol. The number of benzene rings is 2. The monoisotopic (exact) mass is 307 g/mol. The van der Waals surface area contributed by atoms with Crippen molar-refractivity contribution in [2.45, 2.75) is 13.3 Å². The van der Waals surface area contributed by atoms with Crippen LogP contribution in [-0.2, 0) is 4.79 Å². The van der Waals surface area contributed by atoms with Gasteiger partial charge in [0.2, 0.25) is 5.91 Å². The van der Waals surface area contributed by atoms with E-state index < -0.39 is 0 Å². The number of aromatic hydroxyl groups is 1. The summed E-state index contributed by atoms with van der Waals surface area (Å²) in [4.78, 5) is 15.7. The molecule has 0 saturated heterocycles. The van der Waals surface area contributed by atoms with E-state index in [1.165, 1.54) is 0 Å². The van der Waals surface area contributed by atoms with Crippen LogP contribution in [0.3, 0.4) is 0 Å². The second kappa shape index (κ2) is 6.44. The van der Waals surface area contributed by atoms with Crippen LogP contribution in [0.5, 0.6) is 5.75 Å². The second-order valence-electron chi connectivity index (χ2n) is 5.53. The highest BCUT2D eigenvalue weighted by molar-refractivity contribution is 6.05. The highest BCUT2D eigenvalue weighted by Crippen LogP contribution is 2.20. The largest absolute Gasteiger partial charge is 0.508 e. The molecule has 5 nitrogen and oxygen atoms in total. The number of hydrazone groups is 1. The normalized spacial score (nSPS) is 17.9. The summed E-state index contributed by atoms with van der Waals surface area (Å²) in [5.41, 5.74) is 6.15. The van der Waals surface area contributed by atoms with Gasteiger partial charge in [-0.1, -0.05) is 19.1 Å². The number of phenolic OH excluding ortho intramolecular Hbond substituents is 1. The first-order chi connectivity index (χ1) is 11.1. The number of nitrogens with one attached hydrogen (secondary N) is 1. The summed E-state index contributed by atoms with van der Waals surface area (Å²) in [6.45, 7) is 1.99. The number of hydrogen-bond acceptors (Lipinski definition) is 4. The van der Waals surface area contributed by atoms with E-state index in [9.17, 15) is 9.90 Å². The molecule has 1 amide bonds. The molecule has 1 aliphatic heterocycles. The molecule has 5 heteroatoms. The van der Waals surface area contributed by atoms with Crippen LogP contribution in [0.15, 0.2) is 58.6 Å². The second-order valence-corrected chi connectivity index (χ2v) is 5.53. The first kappa shape index (κ1) is 15.0. The minimum Gasteiger partial charge on any atom is -0.508 e. The van der Waals surface area contributed by atoms with Crippen molar-refractivity contribution in [3.8, 4) is 5.75 Å². The Labute approximate surface area is 134 Å². The van der Waals surface area contributed by atoms with Crippen molar-refractivity contribution < 1.29 is 9.90 Å². The molecule has 0 bridgehead atoms. The van der Waals surface area contributed by atoms with Crippen LogP contribution in [0.25, 0.3) is 0 Å². The van der Waals surface area contributed by atoms with E-state index in [0.717, 1.165) is 22.5 Å². The Kier molecular flexibility index (Phi) is 4.19. The van der Waals surface area contributed by atoms with Crippen LogP contribution < -0.4 is 5.43 Å². The van der Waals surface area contributed by atoms with Gasteiger partial charge in [0.25, 0.3) is 0 Å². The van der Waals surface area contributed by atoms with Gasteiger partial charge in [-0.3, -0.25) is 9.79 Å².